The van der Waals surface area contributed by atoms with Crippen LogP contribution in [0.15, 0.2) is 67.1 Å². The summed E-state index contributed by atoms with van der Waals surface area (Å²) in [7, 11) is 0. The van der Waals surface area contributed by atoms with Gasteiger partial charge < -0.3 is 10.3 Å². The minimum Gasteiger partial charge on any atom is -0.335 e. The summed E-state index contributed by atoms with van der Waals surface area (Å²) in [4.78, 5) is 13.1. The van der Waals surface area contributed by atoms with Gasteiger partial charge in [-0.15, -0.1) is 0 Å². The number of aromatic nitrogens is 4. The zero-order valence-corrected chi connectivity index (χ0v) is 19.0. The molecular formula is C26H26N7. The molecule has 0 aliphatic heterocycles. The molecule has 0 aliphatic carbocycles. The van der Waals surface area contributed by atoms with Crippen molar-refractivity contribution in [3.8, 4) is 17.3 Å². The second-order valence-electron chi connectivity index (χ2n) is 8.54. The van der Waals surface area contributed by atoms with E-state index in [1.165, 1.54) is 11.8 Å². The Balaban J connectivity index is 1.52. The molecule has 2 heterocycles. The number of aryl methyl sites for hydroxylation is 3. The average Bonchev–Trinajstić information content (AvgIpc) is 3.23. The Morgan fingerprint density at radius 3 is 2.58 bits per heavy atom. The molecule has 2 aromatic heterocycles. The zero-order valence-electron chi connectivity index (χ0n) is 19.0. The molecular weight excluding hydrogens is 410 g/mol. The molecule has 2 aromatic carbocycles. The Morgan fingerprint density at radius 2 is 1.91 bits per heavy atom. The van der Waals surface area contributed by atoms with E-state index in [-0.39, 0.29) is 0 Å². The van der Waals surface area contributed by atoms with Crippen LogP contribution in [0, 0.1) is 18.3 Å². The van der Waals surface area contributed by atoms with Crippen LogP contribution in [0.1, 0.15) is 36.4 Å². The Labute approximate surface area is 194 Å². The lowest BCUT2D eigenvalue weighted by molar-refractivity contribution is 0.554. The first kappa shape index (κ1) is 22.2. The van der Waals surface area contributed by atoms with Gasteiger partial charge in [-0.05, 0) is 56.5 Å². The lowest BCUT2D eigenvalue weighted by Gasteiger charge is -2.20. The highest BCUT2D eigenvalue weighted by Gasteiger charge is 2.17. The minimum absolute atomic E-state index is 0.309. The third kappa shape index (κ3) is 5.25. The highest BCUT2D eigenvalue weighted by Crippen LogP contribution is 2.27. The maximum atomic E-state index is 9.57. The van der Waals surface area contributed by atoms with Crippen molar-refractivity contribution >= 4 is 11.6 Å². The number of hydrogen-bond donors (Lipinski definition) is 1. The van der Waals surface area contributed by atoms with E-state index in [9.17, 15) is 5.26 Å². The molecule has 165 valence electrons. The SMILES string of the molecule is Cc1nccn1CCc1ccc([N]c2ncc(C#N)c(-c3cccc(C(C)(C)N)c3)n2)cc1. The molecule has 7 heteroatoms. The smallest absolute Gasteiger partial charge is 0.250 e. The highest BCUT2D eigenvalue weighted by atomic mass is 15.1. The van der Waals surface area contributed by atoms with Gasteiger partial charge in [0.25, 0.3) is 5.95 Å². The van der Waals surface area contributed by atoms with Gasteiger partial charge in [0.15, 0.2) is 0 Å². The van der Waals surface area contributed by atoms with E-state index in [2.05, 4.69) is 43.0 Å². The molecule has 2 N–H and O–H groups in total. The van der Waals surface area contributed by atoms with Crippen LogP contribution < -0.4 is 11.1 Å². The van der Waals surface area contributed by atoms with Crippen LogP contribution in [-0.2, 0) is 18.5 Å². The quantitative estimate of drug-likeness (QED) is 0.458. The van der Waals surface area contributed by atoms with Gasteiger partial charge in [-0.3, -0.25) is 0 Å². The van der Waals surface area contributed by atoms with E-state index in [0.29, 0.717) is 17.2 Å². The van der Waals surface area contributed by atoms with Crippen molar-refractivity contribution in [3.05, 3.63) is 89.6 Å². The third-order valence-corrected chi connectivity index (χ3v) is 5.51. The van der Waals surface area contributed by atoms with E-state index in [0.717, 1.165) is 35.6 Å². The second kappa shape index (κ2) is 9.23. The van der Waals surface area contributed by atoms with Crippen molar-refractivity contribution in [2.24, 2.45) is 5.73 Å². The fourth-order valence-corrected chi connectivity index (χ4v) is 3.54. The predicted molar refractivity (Wildman–Crippen MR) is 128 cm³/mol. The molecule has 0 saturated heterocycles. The van der Waals surface area contributed by atoms with Gasteiger partial charge in [0.2, 0.25) is 0 Å². The first-order chi connectivity index (χ1) is 15.8. The zero-order chi connectivity index (χ0) is 23.4. The summed E-state index contributed by atoms with van der Waals surface area (Å²) >= 11 is 0. The van der Waals surface area contributed by atoms with E-state index < -0.39 is 5.54 Å². The average molecular weight is 437 g/mol. The monoisotopic (exact) mass is 436 g/mol. The minimum atomic E-state index is -0.499. The molecule has 33 heavy (non-hydrogen) atoms. The van der Waals surface area contributed by atoms with E-state index in [4.69, 9.17) is 5.73 Å². The molecule has 0 unspecified atom stereocenters. The molecule has 0 spiro atoms. The Morgan fingerprint density at radius 1 is 1.12 bits per heavy atom. The summed E-state index contributed by atoms with van der Waals surface area (Å²) in [5.41, 5.74) is 10.4. The van der Waals surface area contributed by atoms with E-state index >= 15 is 0 Å². The van der Waals surface area contributed by atoms with Gasteiger partial charge in [0.05, 0.1) is 23.1 Å². The summed E-state index contributed by atoms with van der Waals surface area (Å²) in [6.07, 6.45) is 6.23. The topological polar surface area (TPSA) is 108 Å². The number of rotatable bonds is 7. The molecule has 4 aromatic rings. The van der Waals surface area contributed by atoms with E-state index in [1.807, 2.05) is 69.6 Å². The molecule has 0 aliphatic rings. The van der Waals surface area contributed by atoms with Crippen LogP contribution >= 0.6 is 0 Å². The Hall–Kier alpha value is -4.02. The first-order valence-electron chi connectivity index (χ1n) is 10.8. The van der Waals surface area contributed by atoms with E-state index in [1.54, 1.807) is 0 Å². The third-order valence-electron chi connectivity index (χ3n) is 5.51. The lowest BCUT2D eigenvalue weighted by atomic mass is 9.93. The van der Waals surface area contributed by atoms with Gasteiger partial charge >= 0.3 is 0 Å². The van der Waals surface area contributed by atoms with Crippen molar-refractivity contribution in [2.75, 3.05) is 0 Å². The normalized spacial score (nSPS) is 11.2. The molecule has 0 amide bonds. The summed E-state index contributed by atoms with van der Waals surface area (Å²) in [5, 5.41) is 14.1. The predicted octanol–water partition coefficient (Wildman–Crippen LogP) is 4.52. The summed E-state index contributed by atoms with van der Waals surface area (Å²) in [5.74, 6) is 1.32. The second-order valence-corrected chi connectivity index (χ2v) is 8.54. The van der Waals surface area contributed by atoms with Crippen molar-refractivity contribution in [1.82, 2.24) is 24.8 Å². The van der Waals surface area contributed by atoms with Gasteiger partial charge in [0, 0.05) is 30.0 Å². The van der Waals surface area contributed by atoms with Crippen LogP contribution in [0.5, 0.6) is 0 Å². The van der Waals surface area contributed by atoms with Gasteiger partial charge in [-0.25, -0.2) is 20.3 Å². The standard InChI is InChI=1S/C26H26N7/c1-18-29-12-14-33(18)13-11-19-7-9-23(10-8-19)31-25-30-17-21(16-27)24(32-25)20-5-4-6-22(15-20)26(2,3)28/h4-10,12,14-15,17H,11,13,28H2,1-3H3. The molecule has 0 saturated carbocycles. The van der Waals surface area contributed by atoms with Gasteiger partial charge in [0.1, 0.15) is 11.9 Å². The largest absolute Gasteiger partial charge is 0.335 e. The summed E-state index contributed by atoms with van der Waals surface area (Å²) in [6, 6.07) is 18.0. The highest BCUT2D eigenvalue weighted by molar-refractivity contribution is 5.68. The first-order valence-corrected chi connectivity index (χ1v) is 10.8. The number of nitrogens with zero attached hydrogens (tertiary/aromatic N) is 6. The Kier molecular flexibility index (Phi) is 6.20. The maximum Gasteiger partial charge on any atom is 0.250 e. The fourth-order valence-electron chi connectivity index (χ4n) is 3.54. The van der Waals surface area contributed by atoms with Crippen LogP contribution in [0.25, 0.3) is 11.3 Å². The molecule has 0 fully saturated rings. The van der Waals surface area contributed by atoms with Crippen molar-refractivity contribution < 1.29 is 0 Å². The van der Waals surface area contributed by atoms with Crippen LogP contribution in [0.3, 0.4) is 0 Å². The number of nitrogens with two attached hydrogens (primary N) is 1. The van der Waals surface area contributed by atoms with Gasteiger partial charge in [-0.2, -0.15) is 5.26 Å². The Bertz CT molecular complexity index is 1290. The summed E-state index contributed by atoms with van der Waals surface area (Å²) in [6.45, 7) is 6.76. The number of nitriles is 1. The number of benzene rings is 2. The molecule has 4 rings (SSSR count). The van der Waals surface area contributed by atoms with Crippen LogP contribution in [0.4, 0.5) is 11.6 Å². The van der Waals surface area contributed by atoms with Gasteiger partial charge in [-0.1, -0.05) is 30.3 Å². The molecule has 1 radical (unpaired) electrons. The van der Waals surface area contributed by atoms with Crippen LogP contribution in [-0.4, -0.2) is 19.5 Å². The van der Waals surface area contributed by atoms with Crippen molar-refractivity contribution in [3.63, 3.8) is 0 Å². The molecule has 0 atom stereocenters. The number of imidazole rings is 1. The van der Waals surface area contributed by atoms with Crippen molar-refractivity contribution in [1.29, 1.82) is 5.26 Å². The maximum absolute atomic E-state index is 9.57. The van der Waals surface area contributed by atoms with Crippen LogP contribution in [0.2, 0.25) is 0 Å². The molecule has 7 nitrogen and oxygen atoms in total. The molecule has 0 bridgehead atoms. The summed E-state index contributed by atoms with van der Waals surface area (Å²) < 4.78 is 2.13. The number of hydrogen-bond acceptors (Lipinski definition) is 5. The van der Waals surface area contributed by atoms with Crippen molar-refractivity contribution in [2.45, 2.75) is 39.3 Å². The lowest BCUT2D eigenvalue weighted by Crippen LogP contribution is -2.28. The fraction of sp³-hybridized carbons (Fsp3) is 0.231.